The monoisotopic (exact) mass is 300 g/mol. The number of para-hydroxylation sites is 1. The molecule has 0 atom stereocenters. The first-order valence-electron chi connectivity index (χ1n) is 6.57. The van der Waals surface area contributed by atoms with E-state index < -0.39 is 0 Å². The molecule has 0 radical (unpaired) electrons. The molecule has 0 saturated heterocycles. The number of H-pyrrole nitrogens is 2. The number of aromatic nitrogens is 2. The van der Waals surface area contributed by atoms with Gasteiger partial charge in [0.05, 0.1) is 13.5 Å². The van der Waals surface area contributed by atoms with E-state index in [2.05, 4.69) is 20.7 Å². The molecule has 7 nitrogen and oxygen atoms in total. The van der Waals surface area contributed by atoms with Gasteiger partial charge >= 0.3 is 0 Å². The SMILES string of the molecule is COc1ccccc1/C=C\C=N/NC(=O)Cc1cc(=O)[nH][nH]1. The van der Waals surface area contributed by atoms with Crippen LogP contribution in [0.2, 0.25) is 0 Å². The maximum absolute atomic E-state index is 11.6. The largest absolute Gasteiger partial charge is 0.496 e. The molecule has 0 aliphatic rings. The molecule has 3 N–H and O–H groups in total. The fraction of sp³-hybridized carbons (Fsp3) is 0.133. The van der Waals surface area contributed by atoms with Crippen LogP contribution in [0.5, 0.6) is 5.75 Å². The standard InChI is InChI=1S/C15H16N4O3/c1-22-13-7-3-2-5-11(13)6-4-8-16-18-14(20)9-12-10-15(21)19-17-12/h2-8,10H,9H2,1H3,(H,18,20)(H2,17,19,21)/b6-4-,16-8-. The Morgan fingerprint density at radius 1 is 1.36 bits per heavy atom. The number of nitrogens with one attached hydrogen (secondary N) is 3. The van der Waals surface area contributed by atoms with Gasteiger partial charge in [-0.15, -0.1) is 0 Å². The predicted molar refractivity (Wildman–Crippen MR) is 83.8 cm³/mol. The lowest BCUT2D eigenvalue weighted by Crippen LogP contribution is -2.19. The van der Waals surface area contributed by atoms with Gasteiger partial charge in [-0.3, -0.25) is 14.7 Å². The summed E-state index contributed by atoms with van der Waals surface area (Å²) >= 11 is 0. The molecular formula is C15H16N4O3. The number of hydrogen-bond acceptors (Lipinski definition) is 4. The van der Waals surface area contributed by atoms with Gasteiger partial charge in [0.25, 0.3) is 5.56 Å². The van der Waals surface area contributed by atoms with Crippen molar-refractivity contribution in [1.29, 1.82) is 0 Å². The number of hydrogen-bond donors (Lipinski definition) is 3. The summed E-state index contributed by atoms with van der Waals surface area (Å²) in [5.41, 5.74) is 3.51. The molecule has 114 valence electrons. The average molecular weight is 300 g/mol. The Kier molecular flexibility index (Phi) is 5.31. The topological polar surface area (TPSA) is 99.3 Å². The van der Waals surface area contributed by atoms with E-state index in [0.717, 1.165) is 11.3 Å². The number of hydrazone groups is 1. The number of methoxy groups -OCH3 is 1. The smallest absolute Gasteiger partial charge is 0.264 e. The third kappa shape index (κ3) is 4.48. The highest BCUT2D eigenvalue weighted by atomic mass is 16.5. The van der Waals surface area contributed by atoms with Crippen molar-refractivity contribution in [3.8, 4) is 5.75 Å². The maximum atomic E-state index is 11.6. The summed E-state index contributed by atoms with van der Waals surface area (Å²) in [5.74, 6) is 0.435. The van der Waals surface area contributed by atoms with Gasteiger partial charge < -0.3 is 9.84 Å². The molecule has 0 bridgehead atoms. The van der Waals surface area contributed by atoms with Crippen LogP contribution in [0.4, 0.5) is 0 Å². The summed E-state index contributed by atoms with van der Waals surface area (Å²) in [4.78, 5) is 22.4. The number of ether oxygens (including phenoxy) is 1. The summed E-state index contributed by atoms with van der Waals surface area (Å²) in [6.07, 6.45) is 5.02. The lowest BCUT2D eigenvalue weighted by molar-refractivity contribution is -0.120. The zero-order valence-electron chi connectivity index (χ0n) is 12.0. The van der Waals surface area contributed by atoms with Gasteiger partial charge in [0, 0.05) is 23.5 Å². The number of aromatic amines is 2. The molecule has 0 unspecified atom stereocenters. The fourth-order valence-electron chi connectivity index (χ4n) is 1.78. The van der Waals surface area contributed by atoms with Crippen molar-refractivity contribution < 1.29 is 9.53 Å². The molecule has 0 saturated carbocycles. The molecule has 0 aliphatic heterocycles. The van der Waals surface area contributed by atoms with E-state index in [1.54, 1.807) is 13.2 Å². The number of nitrogens with zero attached hydrogens (tertiary/aromatic N) is 1. The van der Waals surface area contributed by atoms with E-state index in [0.29, 0.717) is 5.69 Å². The zero-order chi connectivity index (χ0) is 15.8. The van der Waals surface area contributed by atoms with Crippen molar-refractivity contribution in [2.75, 3.05) is 7.11 Å². The van der Waals surface area contributed by atoms with Gasteiger partial charge in [-0.25, -0.2) is 5.43 Å². The van der Waals surface area contributed by atoms with Gasteiger partial charge in [-0.1, -0.05) is 18.2 Å². The summed E-state index contributed by atoms with van der Waals surface area (Å²) in [6.45, 7) is 0. The third-order valence-corrected chi connectivity index (χ3v) is 2.77. The van der Waals surface area contributed by atoms with Crippen LogP contribution >= 0.6 is 0 Å². The predicted octanol–water partition coefficient (Wildman–Crippen LogP) is 1.07. The summed E-state index contributed by atoms with van der Waals surface area (Å²) in [7, 11) is 1.60. The van der Waals surface area contributed by atoms with Crippen LogP contribution in [0, 0.1) is 0 Å². The molecule has 1 amide bonds. The second-order valence-electron chi connectivity index (χ2n) is 4.37. The van der Waals surface area contributed by atoms with E-state index >= 15 is 0 Å². The van der Waals surface area contributed by atoms with Gasteiger partial charge in [0.1, 0.15) is 5.75 Å². The summed E-state index contributed by atoms with van der Waals surface area (Å²) < 4.78 is 5.21. The molecule has 0 aliphatic carbocycles. The highest BCUT2D eigenvalue weighted by molar-refractivity contribution is 5.82. The van der Waals surface area contributed by atoms with E-state index in [9.17, 15) is 9.59 Å². The Balaban J connectivity index is 1.83. The number of benzene rings is 1. The first-order valence-corrected chi connectivity index (χ1v) is 6.57. The fourth-order valence-corrected chi connectivity index (χ4v) is 1.78. The molecule has 1 heterocycles. The van der Waals surface area contributed by atoms with E-state index in [1.807, 2.05) is 30.3 Å². The van der Waals surface area contributed by atoms with Crippen molar-refractivity contribution in [2.24, 2.45) is 5.10 Å². The molecule has 0 fully saturated rings. The summed E-state index contributed by atoms with van der Waals surface area (Å²) in [5, 5.41) is 8.74. The second-order valence-corrected chi connectivity index (χ2v) is 4.37. The quantitative estimate of drug-likeness (QED) is 0.549. The molecule has 0 spiro atoms. The van der Waals surface area contributed by atoms with Crippen molar-refractivity contribution in [1.82, 2.24) is 15.6 Å². The number of allylic oxidation sites excluding steroid dienone is 1. The van der Waals surface area contributed by atoms with Crippen LogP contribution in [-0.4, -0.2) is 29.4 Å². The molecule has 7 heteroatoms. The van der Waals surface area contributed by atoms with E-state index in [1.165, 1.54) is 12.3 Å². The molecule has 22 heavy (non-hydrogen) atoms. The molecular weight excluding hydrogens is 284 g/mol. The number of rotatable bonds is 6. The molecule has 1 aromatic carbocycles. The average Bonchev–Trinajstić information content (AvgIpc) is 2.92. The van der Waals surface area contributed by atoms with Gasteiger partial charge in [-0.2, -0.15) is 5.10 Å². The lowest BCUT2D eigenvalue weighted by Gasteiger charge is -2.02. The molecule has 2 rings (SSSR count). The van der Waals surface area contributed by atoms with Crippen LogP contribution in [-0.2, 0) is 11.2 Å². The second kappa shape index (κ2) is 7.63. The lowest BCUT2D eigenvalue weighted by atomic mass is 10.2. The Bertz CT molecular complexity index is 743. The number of carbonyl (C=O) groups excluding carboxylic acids is 1. The Morgan fingerprint density at radius 2 is 2.18 bits per heavy atom. The van der Waals surface area contributed by atoms with Crippen LogP contribution in [0.1, 0.15) is 11.3 Å². The van der Waals surface area contributed by atoms with Crippen molar-refractivity contribution >= 4 is 18.2 Å². The third-order valence-electron chi connectivity index (χ3n) is 2.77. The molecule has 2 aromatic rings. The van der Waals surface area contributed by atoms with E-state index in [-0.39, 0.29) is 17.9 Å². The Labute approximate surface area is 126 Å². The minimum atomic E-state index is -0.322. The first-order chi connectivity index (χ1) is 10.7. The first kappa shape index (κ1) is 15.3. The maximum Gasteiger partial charge on any atom is 0.264 e. The van der Waals surface area contributed by atoms with Gasteiger partial charge in [0.2, 0.25) is 5.91 Å². The van der Waals surface area contributed by atoms with Crippen LogP contribution in [0.15, 0.2) is 46.3 Å². The number of carbonyl (C=O) groups is 1. The highest BCUT2D eigenvalue weighted by Gasteiger charge is 2.03. The minimum absolute atomic E-state index is 0.0479. The van der Waals surface area contributed by atoms with Gasteiger partial charge in [-0.05, 0) is 18.2 Å². The van der Waals surface area contributed by atoms with E-state index in [4.69, 9.17) is 4.74 Å². The normalized spacial score (nSPS) is 11.1. The zero-order valence-corrected chi connectivity index (χ0v) is 12.0. The number of amides is 1. The van der Waals surface area contributed by atoms with Crippen LogP contribution in [0.25, 0.3) is 6.08 Å². The highest BCUT2D eigenvalue weighted by Crippen LogP contribution is 2.18. The van der Waals surface area contributed by atoms with Crippen molar-refractivity contribution in [2.45, 2.75) is 6.42 Å². The summed E-state index contributed by atoms with van der Waals surface area (Å²) in [6, 6.07) is 8.87. The molecule has 1 aromatic heterocycles. The minimum Gasteiger partial charge on any atom is -0.496 e. The van der Waals surface area contributed by atoms with Crippen molar-refractivity contribution in [3.05, 3.63) is 58.0 Å². The van der Waals surface area contributed by atoms with Crippen molar-refractivity contribution in [3.63, 3.8) is 0 Å². The Hall–Kier alpha value is -3.09. The van der Waals surface area contributed by atoms with Crippen LogP contribution < -0.4 is 15.7 Å². The van der Waals surface area contributed by atoms with Gasteiger partial charge in [0.15, 0.2) is 0 Å². The Morgan fingerprint density at radius 3 is 2.91 bits per heavy atom. The van der Waals surface area contributed by atoms with Crippen LogP contribution in [0.3, 0.4) is 0 Å².